The highest BCUT2D eigenvalue weighted by Gasteiger charge is 2.12. The molecule has 23 heavy (non-hydrogen) atoms. The largest absolute Gasteiger partial charge is 0.295 e. The van der Waals surface area contributed by atoms with E-state index in [1.165, 1.54) is 6.20 Å². The number of azo groups is 1. The van der Waals surface area contributed by atoms with Gasteiger partial charge in [0.25, 0.3) is 0 Å². The lowest BCUT2D eigenvalue weighted by Gasteiger charge is -2.07. The van der Waals surface area contributed by atoms with Crippen molar-refractivity contribution in [1.82, 2.24) is 0 Å². The molecule has 1 rings (SSSR count). The molecule has 0 aromatic carbocycles. The van der Waals surface area contributed by atoms with Crippen molar-refractivity contribution < 1.29 is 9.59 Å². The molecule has 0 fully saturated rings. The summed E-state index contributed by atoms with van der Waals surface area (Å²) in [6, 6.07) is 0. The minimum Gasteiger partial charge on any atom is -0.295 e. The summed E-state index contributed by atoms with van der Waals surface area (Å²) in [5, 5.41) is 7.93. The zero-order chi connectivity index (χ0) is 17.4. The third-order valence-corrected chi connectivity index (χ3v) is 3.34. The van der Waals surface area contributed by atoms with Crippen LogP contribution in [0, 0.1) is 0 Å². The third-order valence-electron chi connectivity index (χ3n) is 3.34. The second-order valence-electron chi connectivity index (χ2n) is 5.28. The first-order valence-electron chi connectivity index (χ1n) is 7.44. The molecule has 0 unspecified atom stereocenters. The number of Topliss-reactive ketones (excluding diaryl/α,β-unsaturated/α-hetero) is 2. The third kappa shape index (κ3) is 5.58. The van der Waals surface area contributed by atoms with E-state index in [1.54, 1.807) is 51.3 Å². The van der Waals surface area contributed by atoms with Crippen LogP contribution in [-0.2, 0) is 9.59 Å². The predicted molar refractivity (Wildman–Crippen MR) is 92.8 cm³/mol. The Morgan fingerprint density at radius 2 is 1.83 bits per heavy atom. The Bertz CT molecular complexity index is 675. The van der Waals surface area contributed by atoms with Crippen LogP contribution >= 0.6 is 0 Å². The van der Waals surface area contributed by atoms with Crippen molar-refractivity contribution in [2.75, 3.05) is 0 Å². The van der Waals surface area contributed by atoms with Crippen molar-refractivity contribution in [3.8, 4) is 0 Å². The van der Waals surface area contributed by atoms with Gasteiger partial charge in [-0.1, -0.05) is 19.6 Å². The van der Waals surface area contributed by atoms with Crippen molar-refractivity contribution in [2.24, 2.45) is 10.2 Å². The molecule has 0 aliphatic heterocycles. The SMILES string of the molecule is C=CC(=CN=NC=C1C=C(C)C(=O)C(C)=C1)/C=C(/C)C(=O)CC. The van der Waals surface area contributed by atoms with Gasteiger partial charge in [-0.05, 0) is 66.9 Å². The predicted octanol–water partition coefficient (Wildman–Crippen LogP) is 4.79. The lowest BCUT2D eigenvalue weighted by Crippen LogP contribution is -2.05. The lowest BCUT2D eigenvalue weighted by molar-refractivity contribution is -0.115. The second-order valence-corrected chi connectivity index (χ2v) is 5.28. The molecule has 0 amide bonds. The maximum atomic E-state index is 11.6. The van der Waals surface area contributed by atoms with E-state index in [4.69, 9.17) is 0 Å². The van der Waals surface area contributed by atoms with E-state index >= 15 is 0 Å². The number of allylic oxidation sites excluding steroid dienone is 9. The van der Waals surface area contributed by atoms with Gasteiger partial charge in [-0.25, -0.2) is 0 Å². The van der Waals surface area contributed by atoms with Crippen LogP contribution in [-0.4, -0.2) is 11.6 Å². The summed E-state index contributed by atoms with van der Waals surface area (Å²) in [5.74, 6) is 0.138. The van der Waals surface area contributed by atoms with E-state index in [9.17, 15) is 9.59 Å². The maximum Gasteiger partial charge on any atom is 0.184 e. The maximum absolute atomic E-state index is 11.6. The Kier molecular flexibility index (Phi) is 7.00. The Hall–Kier alpha value is -2.62. The second kappa shape index (κ2) is 8.73. The fourth-order valence-electron chi connectivity index (χ4n) is 2.02. The van der Waals surface area contributed by atoms with Gasteiger partial charge < -0.3 is 0 Å². The van der Waals surface area contributed by atoms with Crippen LogP contribution in [0.3, 0.4) is 0 Å². The number of hydrogen-bond donors (Lipinski definition) is 0. The Morgan fingerprint density at radius 3 is 2.35 bits per heavy atom. The monoisotopic (exact) mass is 310 g/mol. The van der Waals surface area contributed by atoms with Crippen molar-refractivity contribution in [2.45, 2.75) is 34.1 Å². The van der Waals surface area contributed by atoms with Crippen molar-refractivity contribution in [3.63, 3.8) is 0 Å². The zero-order valence-corrected chi connectivity index (χ0v) is 14.1. The van der Waals surface area contributed by atoms with Crippen LogP contribution in [0.1, 0.15) is 34.1 Å². The molecule has 0 atom stereocenters. The molecule has 0 aromatic heterocycles. The van der Waals surface area contributed by atoms with Crippen LogP contribution in [0.5, 0.6) is 0 Å². The highest BCUT2D eigenvalue weighted by atomic mass is 16.1. The van der Waals surface area contributed by atoms with E-state index in [-0.39, 0.29) is 11.6 Å². The summed E-state index contributed by atoms with van der Waals surface area (Å²) in [7, 11) is 0. The van der Waals surface area contributed by atoms with Gasteiger partial charge in [0.15, 0.2) is 11.6 Å². The van der Waals surface area contributed by atoms with Crippen LogP contribution < -0.4 is 0 Å². The molecule has 120 valence electrons. The average Bonchev–Trinajstić information content (AvgIpc) is 2.54. The smallest absolute Gasteiger partial charge is 0.184 e. The van der Waals surface area contributed by atoms with Crippen LogP contribution in [0.15, 0.2) is 81.4 Å². The highest BCUT2D eigenvalue weighted by Crippen LogP contribution is 2.18. The topological polar surface area (TPSA) is 58.9 Å². The number of nitrogens with zero attached hydrogens (tertiary/aromatic N) is 2. The van der Waals surface area contributed by atoms with Gasteiger partial charge in [-0.15, -0.1) is 0 Å². The molecule has 0 bridgehead atoms. The van der Waals surface area contributed by atoms with Gasteiger partial charge in [0.2, 0.25) is 0 Å². The average molecular weight is 310 g/mol. The number of carbonyl (C=O) groups is 2. The zero-order valence-electron chi connectivity index (χ0n) is 14.1. The standard InChI is InChI=1S/C19H22N2O2/c1-6-16(8-13(3)18(22)7-2)11-20-21-12-17-9-14(4)19(23)15(5)10-17/h6,8-12H,1,7H2,2-5H3/b13-8-,16-11?,21-20?. The minimum absolute atomic E-state index is 0.0501. The molecule has 4 heteroatoms. The van der Waals surface area contributed by atoms with Crippen LogP contribution in [0.4, 0.5) is 0 Å². The number of hydrogen-bond acceptors (Lipinski definition) is 4. The normalized spacial score (nSPS) is 16.3. The Labute approximate surface area is 137 Å². The van der Waals surface area contributed by atoms with Gasteiger partial charge >= 0.3 is 0 Å². The summed E-state index contributed by atoms with van der Waals surface area (Å²) in [6.45, 7) is 10.8. The quantitative estimate of drug-likeness (QED) is 0.402. The molecule has 0 aromatic rings. The van der Waals surface area contributed by atoms with Crippen LogP contribution in [0.2, 0.25) is 0 Å². The minimum atomic E-state index is 0.0501. The van der Waals surface area contributed by atoms with E-state index < -0.39 is 0 Å². The van der Waals surface area contributed by atoms with Crippen LogP contribution in [0.25, 0.3) is 0 Å². The van der Waals surface area contributed by atoms with Gasteiger partial charge in [0.1, 0.15) is 0 Å². The first-order valence-corrected chi connectivity index (χ1v) is 7.44. The molecule has 4 nitrogen and oxygen atoms in total. The van der Waals surface area contributed by atoms with Crippen molar-refractivity contribution in [3.05, 3.63) is 71.1 Å². The summed E-state index contributed by atoms with van der Waals surface area (Å²) < 4.78 is 0. The summed E-state index contributed by atoms with van der Waals surface area (Å²) in [6.07, 6.45) is 10.5. The fourth-order valence-corrected chi connectivity index (χ4v) is 2.02. The van der Waals surface area contributed by atoms with Gasteiger partial charge in [0.05, 0.1) is 12.4 Å². The van der Waals surface area contributed by atoms with Gasteiger partial charge in [-0.2, -0.15) is 10.2 Å². The van der Waals surface area contributed by atoms with E-state index in [0.717, 1.165) is 5.57 Å². The number of carbonyl (C=O) groups excluding carboxylic acids is 2. The molecule has 0 heterocycles. The van der Waals surface area contributed by atoms with Gasteiger partial charge in [0, 0.05) is 6.42 Å². The number of rotatable bonds is 6. The Morgan fingerprint density at radius 1 is 1.22 bits per heavy atom. The summed E-state index contributed by atoms with van der Waals surface area (Å²) in [5.41, 5.74) is 3.57. The highest BCUT2D eigenvalue weighted by molar-refractivity contribution is 6.09. The first-order chi connectivity index (χ1) is 10.9. The summed E-state index contributed by atoms with van der Waals surface area (Å²) in [4.78, 5) is 23.2. The molecule has 0 N–H and O–H groups in total. The van der Waals surface area contributed by atoms with E-state index in [2.05, 4.69) is 16.8 Å². The lowest BCUT2D eigenvalue weighted by atomic mass is 9.96. The first kappa shape index (κ1) is 18.4. The number of ketones is 2. The Balaban J connectivity index is 2.88. The molecule has 0 saturated heterocycles. The van der Waals surface area contributed by atoms with E-state index in [1.807, 2.05) is 6.92 Å². The summed E-state index contributed by atoms with van der Waals surface area (Å²) >= 11 is 0. The fraction of sp³-hybridized carbons (Fsp3) is 0.263. The molecular formula is C19H22N2O2. The molecule has 1 aliphatic carbocycles. The van der Waals surface area contributed by atoms with Gasteiger partial charge in [-0.3, -0.25) is 9.59 Å². The van der Waals surface area contributed by atoms with Crippen molar-refractivity contribution in [1.29, 1.82) is 0 Å². The molecule has 0 saturated carbocycles. The molecule has 1 aliphatic rings. The molecule has 0 spiro atoms. The molecular weight excluding hydrogens is 288 g/mol. The van der Waals surface area contributed by atoms with E-state index in [0.29, 0.717) is 28.7 Å². The molecule has 0 radical (unpaired) electrons. The van der Waals surface area contributed by atoms with Crippen molar-refractivity contribution >= 4 is 11.6 Å².